The van der Waals surface area contributed by atoms with Gasteiger partial charge in [-0.05, 0) is 68.8 Å². The van der Waals surface area contributed by atoms with Gasteiger partial charge in [0.05, 0.1) is 22.1 Å². The molecule has 4 heterocycles. The fourth-order valence-corrected chi connectivity index (χ4v) is 5.34. The van der Waals surface area contributed by atoms with Crippen LogP contribution in [0.3, 0.4) is 0 Å². The first kappa shape index (κ1) is 22.1. The predicted octanol–water partition coefficient (Wildman–Crippen LogP) is 5.76. The number of hydrogen-bond donors (Lipinski definition) is 1. The number of thiazole rings is 1. The number of aryl methyl sites for hydroxylation is 2. The second kappa shape index (κ2) is 8.69. The minimum atomic E-state index is -0.296. The number of rotatable bonds is 5. The van der Waals surface area contributed by atoms with E-state index in [2.05, 4.69) is 46.5 Å². The second-order valence-corrected chi connectivity index (χ2v) is 9.64. The van der Waals surface area contributed by atoms with E-state index in [1.807, 2.05) is 54.2 Å². The molecule has 6 rings (SSSR count). The average molecular weight is 494 g/mol. The van der Waals surface area contributed by atoms with Gasteiger partial charge in [-0.15, -0.1) is 11.3 Å². The van der Waals surface area contributed by atoms with Gasteiger partial charge in [0, 0.05) is 41.3 Å². The molecule has 0 aliphatic carbocycles. The number of carbonyl (C=O) groups excluding carboxylic acids is 1. The summed E-state index contributed by atoms with van der Waals surface area (Å²) in [7, 11) is 0. The summed E-state index contributed by atoms with van der Waals surface area (Å²) in [5, 5.41) is 12.9. The topological polar surface area (TPSA) is 90.0 Å². The molecule has 0 atom stereocenters. The van der Waals surface area contributed by atoms with E-state index < -0.39 is 0 Å². The quantitative estimate of drug-likeness (QED) is 0.330. The molecular formula is C27H23N7OS. The number of nitrogens with one attached hydrogen (secondary N) is 1. The fourth-order valence-electron chi connectivity index (χ4n) is 4.27. The predicted molar refractivity (Wildman–Crippen MR) is 142 cm³/mol. The smallest absolute Gasteiger partial charge is 0.276 e. The van der Waals surface area contributed by atoms with Crippen molar-refractivity contribution >= 4 is 38.8 Å². The van der Waals surface area contributed by atoms with E-state index in [-0.39, 0.29) is 5.91 Å². The second-order valence-electron chi connectivity index (χ2n) is 8.61. The van der Waals surface area contributed by atoms with Gasteiger partial charge < -0.3 is 5.32 Å². The van der Waals surface area contributed by atoms with Crippen LogP contribution in [0.1, 0.15) is 28.7 Å². The molecule has 4 aromatic heterocycles. The van der Waals surface area contributed by atoms with E-state index >= 15 is 0 Å². The van der Waals surface area contributed by atoms with Crippen molar-refractivity contribution in [2.45, 2.75) is 27.3 Å². The lowest BCUT2D eigenvalue weighted by molar-refractivity contribution is 0.102. The number of hydrogen-bond acceptors (Lipinski definition) is 6. The Morgan fingerprint density at radius 2 is 1.89 bits per heavy atom. The van der Waals surface area contributed by atoms with Crippen LogP contribution in [-0.2, 0) is 6.54 Å². The molecule has 6 aromatic rings. The number of aromatic nitrogens is 6. The third kappa shape index (κ3) is 3.83. The van der Waals surface area contributed by atoms with Crippen molar-refractivity contribution in [1.82, 2.24) is 29.4 Å². The normalized spacial score (nSPS) is 11.4. The summed E-state index contributed by atoms with van der Waals surface area (Å²) < 4.78 is 4.79. The Kier molecular flexibility index (Phi) is 5.34. The standard InChI is InChI=1S/C27H23N7OS/c1-4-33-17(3)20(15-29-33)23-11-12-28-25-14-22(32-34(23)25)26(35)30-19-8-6-18(7-9-19)27-31-21-10-5-16(2)13-24(21)36-27/h5-15H,4H2,1-3H3,(H,30,35). The highest BCUT2D eigenvalue weighted by atomic mass is 32.1. The van der Waals surface area contributed by atoms with Crippen molar-refractivity contribution in [3.8, 4) is 21.8 Å². The molecule has 178 valence electrons. The van der Waals surface area contributed by atoms with Crippen molar-refractivity contribution in [2.75, 3.05) is 5.32 Å². The largest absolute Gasteiger partial charge is 0.321 e. The maximum atomic E-state index is 13.0. The summed E-state index contributed by atoms with van der Waals surface area (Å²) in [6.45, 7) is 6.94. The molecule has 0 radical (unpaired) electrons. The van der Waals surface area contributed by atoms with Crippen LogP contribution < -0.4 is 5.32 Å². The van der Waals surface area contributed by atoms with Crippen molar-refractivity contribution < 1.29 is 4.79 Å². The molecule has 0 fully saturated rings. The SMILES string of the molecule is CCn1ncc(-c2ccnc3cc(C(=O)Nc4ccc(-c5nc6ccc(C)cc6s5)cc4)nn23)c1C. The lowest BCUT2D eigenvalue weighted by Gasteiger charge is -2.05. The molecule has 1 amide bonds. The maximum Gasteiger partial charge on any atom is 0.276 e. The fraction of sp³-hybridized carbons (Fsp3) is 0.148. The average Bonchev–Trinajstić information content (AvgIpc) is 3.60. The molecule has 2 aromatic carbocycles. The summed E-state index contributed by atoms with van der Waals surface area (Å²) in [5.41, 5.74) is 7.64. The van der Waals surface area contributed by atoms with E-state index in [1.54, 1.807) is 28.1 Å². The van der Waals surface area contributed by atoms with Crippen molar-refractivity contribution in [3.05, 3.63) is 83.9 Å². The number of carbonyl (C=O) groups is 1. The summed E-state index contributed by atoms with van der Waals surface area (Å²) >= 11 is 1.66. The molecule has 0 spiro atoms. The van der Waals surface area contributed by atoms with Gasteiger partial charge in [0.15, 0.2) is 11.3 Å². The number of benzene rings is 2. The van der Waals surface area contributed by atoms with E-state index in [9.17, 15) is 4.79 Å². The van der Waals surface area contributed by atoms with Crippen LogP contribution in [0.5, 0.6) is 0 Å². The van der Waals surface area contributed by atoms with Gasteiger partial charge in [-0.1, -0.05) is 6.07 Å². The summed E-state index contributed by atoms with van der Waals surface area (Å²) in [6, 6.07) is 17.5. The Balaban J connectivity index is 1.25. The van der Waals surface area contributed by atoms with Crippen molar-refractivity contribution in [3.63, 3.8) is 0 Å². The van der Waals surface area contributed by atoms with E-state index in [0.29, 0.717) is 17.0 Å². The van der Waals surface area contributed by atoms with Crippen molar-refractivity contribution in [1.29, 1.82) is 0 Å². The van der Waals surface area contributed by atoms with Gasteiger partial charge in [0.1, 0.15) is 5.01 Å². The highest BCUT2D eigenvalue weighted by Crippen LogP contribution is 2.31. The first-order valence-electron chi connectivity index (χ1n) is 11.7. The van der Waals surface area contributed by atoms with Crippen LogP contribution in [0.2, 0.25) is 0 Å². The highest BCUT2D eigenvalue weighted by molar-refractivity contribution is 7.21. The Labute approximate surface area is 211 Å². The van der Waals surface area contributed by atoms with Gasteiger partial charge in [-0.25, -0.2) is 14.5 Å². The van der Waals surface area contributed by atoms with Gasteiger partial charge >= 0.3 is 0 Å². The van der Waals surface area contributed by atoms with Crippen LogP contribution in [0.4, 0.5) is 5.69 Å². The lowest BCUT2D eigenvalue weighted by Crippen LogP contribution is -2.12. The van der Waals surface area contributed by atoms with E-state index in [0.717, 1.165) is 39.6 Å². The number of anilines is 1. The van der Waals surface area contributed by atoms with Crippen LogP contribution in [0.25, 0.3) is 37.7 Å². The zero-order valence-electron chi connectivity index (χ0n) is 20.1. The van der Waals surface area contributed by atoms with Gasteiger partial charge in [0.25, 0.3) is 5.91 Å². The molecule has 0 aliphatic rings. The minimum absolute atomic E-state index is 0.293. The summed E-state index contributed by atoms with van der Waals surface area (Å²) in [5.74, 6) is -0.296. The molecule has 8 nitrogen and oxygen atoms in total. The van der Waals surface area contributed by atoms with Crippen LogP contribution in [0, 0.1) is 13.8 Å². The summed E-state index contributed by atoms with van der Waals surface area (Å²) in [4.78, 5) is 22.1. The number of nitrogens with zero attached hydrogens (tertiary/aromatic N) is 6. The van der Waals surface area contributed by atoms with E-state index in [4.69, 9.17) is 4.98 Å². The third-order valence-corrected chi connectivity index (χ3v) is 7.27. The van der Waals surface area contributed by atoms with Crippen LogP contribution in [-0.4, -0.2) is 35.3 Å². The van der Waals surface area contributed by atoms with Crippen LogP contribution >= 0.6 is 11.3 Å². The minimum Gasteiger partial charge on any atom is -0.321 e. The molecule has 9 heteroatoms. The Morgan fingerprint density at radius 1 is 1.06 bits per heavy atom. The molecule has 0 bridgehead atoms. The monoisotopic (exact) mass is 493 g/mol. The first-order valence-corrected chi connectivity index (χ1v) is 12.5. The number of fused-ring (bicyclic) bond motifs is 2. The molecule has 0 aliphatic heterocycles. The van der Waals surface area contributed by atoms with Gasteiger partial charge in [-0.3, -0.25) is 9.48 Å². The Morgan fingerprint density at radius 3 is 2.67 bits per heavy atom. The maximum absolute atomic E-state index is 13.0. The lowest BCUT2D eigenvalue weighted by atomic mass is 10.2. The Hall–Kier alpha value is -4.37. The molecule has 0 unspecified atom stereocenters. The van der Waals surface area contributed by atoms with Crippen LogP contribution in [0.15, 0.2) is 67.0 Å². The molecule has 0 saturated heterocycles. The molecule has 0 saturated carbocycles. The Bertz CT molecular complexity index is 1740. The van der Waals surface area contributed by atoms with Crippen molar-refractivity contribution in [2.24, 2.45) is 0 Å². The molecular weight excluding hydrogens is 470 g/mol. The highest BCUT2D eigenvalue weighted by Gasteiger charge is 2.17. The zero-order valence-corrected chi connectivity index (χ0v) is 20.9. The zero-order chi connectivity index (χ0) is 24.8. The van der Waals surface area contributed by atoms with Gasteiger partial charge in [-0.2, -0.15) is 10.2 Å². The summed E-state index contributed by atoms with van der Waals surface area (Å²) in [6.07, 6.45) is 3.54. The number of amides is 1. The van der Waals surface area contributed by atoms with E-state index in [1.165, 1.54) is 10.3 Å². The molecule has 36 heavy (non-hydrogen) atoms. The van der Waals surface area contributed by atoms with Gasteiger partial charge in [0.2, 0.25) is 0 Å². The molecule has 1 N–H and O–H groups in total. The third-order valence-electron chi connectivity index (χ3n) is 6.20. The first-order chi connectivity index (χ1) is 17.5.